The fourth-order valence-corrected chi connectivity index (χ4v) is 2.98. The van der Waals surface area contributed by atoms with Crippen molar-refractivity contribution in [1.82, 2.24) is 10.6 Å². The largest absolute Gasteiger partial charge is 0.497 e. The third-order valence-corrected chi connectivity index (χ3v) is 5.03. The van der Waals surface area contributed by atoms with E-state index in [1.807, 2.05) is 39.0 Å². The van der Waals surface area contributed by atoms with Crippen LogP contribution in [-0.4, -0.2) is 31.6 Å². The van der Waals surface area contributed by atoms with Crippen molar-refractivity contribution in [1.29, 1.82) is 0 Å². The molecule has 1 atom stereocenters. The first-order valence-corrected chi connectivity index (χ1v) is 10.6. The van der Waals surface area contributed by atoms with Gasteiger partial charge in [0, 0.05) is 11.6 Å². The summed E-state index contributed by atoms with van der Waals surface area (Å²) in [6.45, 7) is 6.16. The molecule has 0 unspecified atom stereocenters. The number of hydrogen-bond donors (Lipinski definition) is 2. The molecule has 2 N–H and O–H groups in total. The molecule has 33 heavy (non-hydrogen) atoms. The van der Waals surface area contributed by atoms with Crippen molar-refractivity contribution < 1.29 is 23.5 Å². The van der Waals surface area contributed by atoms with Crippen LogP contribution in [-0.2, 0) is 4.79 Å². The second-order valence-corrected chi connectivity index (χ2v) is 7.69. The minimum atomic E-state index is -0.454. The molecule has 0 bridgehead atoms. The summed E-state index contributed by atoms with van der Waals surface area (Å²) in [7, 11) is 1.55. The second kappa shape index (κ2) is 11.0. The molecule has 0 fully saturated rings. The lowest BCUT2D eigenvalue weighted by Gasteiger charge is -2.17. The predicted octanol–water partition coefficient (Wildman–Crippen LogP) is 4.26. The molecule has 2 aromatic carbocycles. The van der Waals surface area contributed by atoms with E-state index in [9.17, 15) is 9.59 Å². The van der Waals surface area contributed by atoms with E-state index in [0.717, 1.165) is 11.3 Å². The van der Waals surface area contributed by atoms with Gasteiger partial charge < -0.3 is 24.5 Å². The summed E-state index contributed by atoms with van der Waals surface area (Å²) in [5, 5.41) is 5.53. The van der Waals surface area contributed by atoms with Crippen molar-refractivity contribution in [3.8, 4) is 11.5 Å². The maximum absolute atomic E-state index is 12.9. The third-order valence-electron chi connectivity index (χ3n) is 5.03. The zero-order valence-corrected chi connectivity index (χ0v) is 19.2. The number of ether oxygens (including phenoxy) is 2. The van der Waals surface area contributed by atoms with Crippen molar-refractivity contribution in [2.45, 2.75) is 26.8 Å². The van der Waals surface area contributed by atoms with Crippen molar-refractivity contribution in [2.24, 2.45) is 0 Å². The number of methoxy groups -OCH3 is 1. The van der Waals surface area contributed by atoms with Crippen molar-refractivity contribution in [3.05, 3.63) is 89.0 Å². The van der Waals surface area contributed by atoms with Crippen LogP contribution < -0.4 is 20.1 Å². The average Bonchev–Trinajstić information content (AvgIpc) is 3.32. The number of carbonyl (C=O) groups is 2. The number of nitrogens with one attached hydrogen (secondary N) is 2. The second-order valence-electron chi connectivity index (χ2n) is 7.69. The Balaban J connectivity index is 1.67. The Morgan fingerprint density at radius 1 is 1.03 bits per heavy atom. The van der Waals surface area contributed by atoms with E-state index in [0.29, 0.717) is 17.1 Å². The Kier molecular flexibility index (Phi) is 7.91. The number of carbonyl (C=O) groups excluding carboxylic acids is 2. The summed E-state index contributed by atoms with van der Waals surface area (Å²) in [6, 6.07) is 15.5. The van der Waals surface area contributed by atoms with E-state index in [-0.39, 0.29) is 18.3 Å². The van der Waals surface area contributed by atoms with Gasteiger partial charge in [-0.1, -0.05) is 6.07 Å². The lowest BCUT2D eigenvalue weighted by molar-refractivity contribution is -0.118. The average molecular weight is 449 g/mol. The van der Waals surface area contributed by atoms with Crippen molar-refractivity contribution in [2.75, 3.05) is 13.7 Å². The molecule has 3 aromatic rings. The molecule has 0 saturated carbocycles. The molecule has 0 aliphatic heterocycles. The molecule has 7 nitrogen and oxygen atoms in total. The molecule has 1 aromatic heterocycles. The first kappa shape index (κ1) is 23.7. The molecule has 7 heteroatoms. The van der Waals surface area contributed by atoms with Crippen LogP contribution in [0, 0.1) is 13.8 Å². The number of rotatable bonds is 9. The smallest absolute Gasteiger partial charge is 0.268 e. The molecular formula is C26H28N2O5. The van der Waals surface area contributed by atoms with Gasteiger partial charge >= 0.3 is 0 Å². The Bertz CT molecular complexity index is 1120. The number of aryl methyl sites for hydroxylation is 2. The molecule has 172 valence electrons. The highest BCUT2D eigenvalue weighted by Crippen LogP contribution is 2.17. The van der Waals surface area contributed by atoms with Crippen molar-refractivity contribution >= 4 is 17.9 Å². The fraction of sp³-hybridized carbons (Fsp3) is 0.231. The van der Waals surface area contributed by atoms with Crippen LogP contribution in [0.3, 0.4) is 0 Å². The molecule has 0 saturated heterocycles. The highest BCUT2D eigenvalue weighted by Gasteiger charge is 2.18. The number of furan rings is 1. The van der Waals surface area contributed by atoms with Gasteiger partial charge in [-0.15, -0.1) is 0 Å². The molecule has 1 heterocycles. The molecule has 0 aliphatic rings. The maximum Gasteiger partial charge on any atom is 0.268 e. The van der Waals surface area contributed by atoms with Crippen LogP contribution in [0.4, 0.5) is 0 Å². The normalized spacial score (nSPS) is 12.1. The lowest BCUT2D eigenvalue weighted by atomic mass is 10.1. The summed E-state index contributed by atoms with van der Waals surface area (Å²) in [5.41, 5.74) is 2.77. The Hall–Kier alpha value is -4.00. The van der Waals surface area contributed by atoms with Gasteiger partial charge in [0.25, 0.3) is 11.8 Å². The fourth-order valence-electron chi connectivity index (χ4n) is 2.98. The minimum Gasteiger partial charge on any atom is -0.497 e. The van der Waals surface area contributed by atoms with E-state index in [1.165, 1.54) is 17.9 Å². The standard InChI is InChI=1S/C26H28N2O5/c1-17-7-10-23(14-18(17)2)33-16-19(3)27-26(30)24(15-22-6-5-13-32-22)28-25(29)20-8-11-21(31-4)12-9-20/h5-15,19H,16H2,1-4H3,(H,27,30)(H,28,29)/b24-15-/t19-/m1/s1. The Labute approximate surface area is 193 Å². The van der Waals surface area contributed by atoms with E-state index >= 15 is 0 Å². The van der Waals surface area contributed by atoms with Gasteiger partial charge in [-0.25, -0.2) is 0 Å². The summed E-state index contributed by atoms with van der Waals surface area (Å²) in [6.07, 6.45) is 2.97. The van der Waals surface area contributed by atoms with Gasteiger partial charge in [0.2, 0.25) is 0 Å². The minimum absolute atomic E-state index is 0.0591. The van der Waals surface area contributed by atoms with Crippen molar-refractivity contribution in [3.63, 3.8) is 0 Å². The predicted molar refractivity (Wildman–Crippen MR) is 126 cm³/mol. The molecule has 3 rings (SSSR count). The molecular weight excluding hydrogens is 420 g/mol. The first-order chi connectivity index (χ1) is 15.9. The zero-order chi connectivity index (χ0) is 23.8. The number of hydrogen-bond acceptors (Lipinski definition) is 5. The quantitative estimate of drug-likeness (QED) is 0.478. The third kappa shape index (κ3) is 6.74. The summed E-state index contributed by atoms with van der Waals surface area (Å²) in [4.78, 5) is 25.7. The monoisotopic (exact) mass is 448 g/mol. The van der Waals surface area contributed by atoms with Crippen LogP contribution in [0.1, 0.15) is 34.2 Å². The number of amides is 2. The Morgan fingerprint density at radius 2 is 1.76 bits per heavy atom. The van der Waals surface area contributed by atoms with Crippen LogP contribution in [0.25, 0.3) is 6.08 Å². The summed E-state index contributed by atoms with van der Waals surface area (Å²) >= 11 is 0. The van der Waals surface area contributed by atoms with E-state index < -0.39 is 11.8 Å². The highest BCUT2D eigenvalue weighted by molar-refractivity contribution is 6.05. The zero-order valence-electron chi connectivity index (χ0n) is 19.2. The SMILES string of the molecule is COc1ccc(C(=O)N/C(=C\c2ccco2)C(=O)N[C@H](C)COc2ccc(C)c(C)c2)cc1. The van der Waals surface area contributed by atoms with Crippen LogP contribution in [0.2, 0.25) is 0 Å². The molecule has 0 aliphatic carbocycles. The Morgan fingerprint density at radius 3 is 2.39 bits per heavy atom. The van der Waals surface area contributed by atoms with Gasteiger partial charge in [0.15, 0.2) is 0 Å². The van der Waals surface area contributed by atoms with Gasteiger partial charge in [0.05, 0.1) is 19.4 Å². The van der Waals surface area contributed by atoms with Gasteiger partial charge in [0.1, 0.15) is 29.6 Å². The van der Waals surface area contributed by atoms with Gasteiger partial charge in [-0.3, -0.25) is 9.59 Å². The summed E-state index contributed by atoms with van der Waals surface area (Å²) < 4.78 is 16.2. The van der Waals surface area contributed by atoms with E-state index in [4.69, 9.17) is 13.9 Å². The van der Waals surface area contributed by atoms with Gasteiger partial charge in [-0.05, 0) is 80.4 Å². The van der Waals surface area contributed by atoms with E-state index in [1.54, 1.807) is 43.5 Å². The van der Waals surface area contributed by atoms with Crippen LogP contribution >= 0.6 is 0 Å². The summed E-state index contributed by atoms with van der Waals surface area (Å²) in [5.74, 6) is 0.926. The van der Waals surface area contributed by atoms with Crippen LogP contribution in [0.15, 0.2) is 71.0 Å². The molecule has 2 amide bonds. The first-order valence-electron chi connectivity index (χ1n) is 10.6. The molecule has 0 radical (unpaired) electrons. The number of benzene rings is 2. The lowest BCUT2D eigenvalue weighted by Crippen LogP contribution is -2.41. The highest BCUT2D eigenvalue weighted by atomic mass is 16.5. The molecule has 0 spiro atoms. The van der Waals surface area contributed by atoms with E-state index in [2.05, 4.69) is 10.6 Å². The van der Waals surface area contributed by atoms with Crippen LogP contribution in [0.5, 0.6) is 11.5 Å². The van der Waals surface area contributed by atoms with Gasteiger partial charge in [-0.2, -0.15) is 0 Å². The topological polar surface area (TPSA) is 89.8 Å². The maximum atomic E-state index is 12.9.